The highest BCUT2D eigenvalue weighted by Gasteiger charge is 2.25. The molecule has 0 fully saturated rings. The number of hydrogen-bond donors (Lipinski definition) is 2. The maximum Gasteiger partial charge on any atom is 0.237 e. The summed E-state index contributed by atoms with van der Waals surface area (Å²) < 4.78 is 18.8. The van der Waals surface area contributed by atoms with Crippen LogP contribution in [-0.4, -0.2) is 19.1 Å². The van der Waals surface area contributed by atoms with E-state index in [1.807, 2.05) is 19.1 Å². The lowest BCUT2D eigenvalue weighted by atomic mass is 9.95. The van der Waals surface area contributed by atoms with Gasteiger partial charge in [0, 0.05) is 12.1 Å². The Labute approximate surface area is 141 Å². The lowest BCUT2D eigenvalue weighted by Crippen LogP contribution is -2.48. The van der Waals surface area contributed by atoms with Crippen LogP contribution >= 0.6 is 0 Å². The zero-order valence-electron chi connectivity index (χ0n) is 13.8. The Bertz CT molecular complexity index is 748. The van der Waals surface area contributed by atoms with Gasteiger partial charge in [-0.1, -0.05) is 24.3 Å². The summed E-state index contributed by atoms with van der Waals surface area (Å²) in [6, 6.07) is 11.8. The van der Waals surface area contributed by atoms with Crippen LogP contribution in [0.3, 0.4) is 0 Å². The average molecular weight is 328 g/mol. The standard InChI is InChI=1S/C19H21FN2O2/c1-12(16-10-15(20)7-8-18(16)24-2)22-19(23)17-9-13-5-3-4-6-14(13)11-21-17/h3-8,10,12,17,21H,9,11H2,1-2H3,(H,22,23). The molecule has 0 radical (unpaired) electrons. The second-order valence-corrected chi connectivity index (χ2v) is 6.02. The van der Waals surface area contributed by atoms with Crippen molar-refractivity contribution < 1.29 is 13.9 Å². The quantitative estimate of drug-likeness (QED) is 0.907. The zero-order valence-corrected chi connectivity index (χ0v) is 13.8. The summed E-state index contributed by atoms with van der Waals surface area (Å²) in [5, 5.41) is 6.21. The van der Waals surface area contributed by atoms with Gasteiger partial charge in [0.1, 0.15) is 11.6 Å². The third kappa shape index (κ3) is 3.41. The summed E-state index contributed by atoms with van der Waals surface area (Å²) in [5.41, 5.74) is 3.04. The van der Waals surface area contributed by atoms with E-state index in [0.29, 0.717) is 24.3 Å². The molecule has 1 aliphatic rings. The van der Waals surface area contributed by atoms with Crippen LogP contribution < -0.4 is 15.4 Å². The van der Waals surface area contributed by atoms with Crippen LogP contribution in [0.15, 0.2) is 42.5 Å². The van der Waals surface area contributed by atoms with E-state index in [4.69, 9.17) is 4.74 Å². The predicted octanol–water partition coefficient (Wildman–Crippen LogP) is 2.73. The Balaban J connectivity index is 1.70. The largest absolute Gasteiger partial charge is 0.496 e. The van der Waals surface area contributed by atoms with Crippen LogP contribution in [0.25, 0.3) is 0 Å². The number of carbonyl (C=O) groups is 1. The smallest absolute Gasteiger partial charge is 0.237 e. The fourth-order valence-corrected chi connectivity index (χ4v) is 3.08. The van der Waals surface area contributed by atoms with Gasteiger partial charge < -0.3 is 15.4 Å². The molecule has 0 aliphatic carbocycles. The molecule has 2 aromatic carbocycles. The van der Waals surface area contributed by atoms with Crippen LogP contribution in [0, 0.1) is 5.82 Å². The number of benzene rings is 2. The van der Waals surface area contributed by atoms with Crippen LogP contribution in [-0.2, 0) is 17.8 Å². The minimum absolute atomic E-state index is 0.0942. The Morgan fingerprint density at radius 2 is 2.04 bits per heavy atom. The molecule has 4 nitrogen and oxygen atoms in total. The van der Waals surface area contributed by atoms with Crippen molar-refractivity contribution in [1.29, 1.82) is 0 Å². The molecule has 2 unspecified atom stereocenters. The molecule has 3 rings (SSSR count). The Hall–Kier alpha value is -2.40. The number of ether oxygens (including phenoxy) is 1. The van der Waals surface area contributed by atoms with Crippen LogP contribution in [0.1, 0.15) is 29.7 Å². The lowest BCUT2D eigenvalue weighted by molar-refractivity contribution is -0.124. The van der Waals surface area contributed by atoms with E-state index < -0.39 is 0 Å². The number of methoxy groups -OCH3 is 1. The molecule has 0 saturated carbocycles. The van der Waals surface area contributed by atoms with Gasteiger partial charge in [-0.3, -0.25) is 4.79 Å². The molecule has 24 heavy (non-hydrogen) atoms. The van der Waals surface area contributed by atoms with E-state index in [1.165, 1.54) is 30.4 Å². The molecular weight excluding hydrogens is 307 g/mol. The molecule has 2 N–H and O–H groups in total. The van der Waals surface area contributed by atoms with Gasteiger partial charge in [0.15, 0.2) is 0 Å². The van der Waals surface area contributed by atoms with Crippen molar-refractivity contribution in [2.75, 3.05) is 7.11 Å². The second kappa shape index (κ2) is 7.01. The van der Waals surface area contributed by atoms with E-state index in [1.54, 1.807) is 6.07 Å². The van der Waals surface area contributed by atoms with Crippen molar-refractivity contribution in [3.8, 4) is 5.75 Å². The highest BCUT2D eigenvalue weighted by Crippen LogP contribution is 2.26. The SMILES string of the molecule is COc1ccc(F)cc1C(C)NC(=O)C1Cc2ccccc2CN1. The number of halogens is 1. The lowest BCUT2D eigenvalue weighted by Gasteiger charge is -2.27. The third-order valence-electron chi connectivity index (χ3n) is 4.41. The van der Waals surface area contributed by atoms with E-state index >= 15 is 0 Å². The molecule has 1 amide bonds. The van der Waals surface area contributed by atoms with E-state index in [0.717, 1.165) is 0 Å². The number of amides is 1. The molecule has 1 aliphatic heterocycles. The minimum Gasteiger partial charge on any atom is -0.496 e. The first kappa shape index (κ1) is 16.5. The molecule has 0 saturated heterocycles. The maximum atomic E-state index is 13.5. The van der Waals surface area contributed by atoms with E-state index in [-0.39, 0.29) is 23.8 Å². The predicted molar refractivity (Wildman–Crippen MR) is 90.3 cm³/mol. The highest BCUT2D eigenvalue weighted by atomic mass is 19.1. The molecule has 0 bridgehead atoms. The molecule has 0 aromatic heterocycles. The number of hydrogen-bond acceptors (Lipinski definition) is 3. The third-order valence-corrected chi connectivity index (χ3v) is 4.41. The highest BCUT2D eigenvalue weighted by molar-refractivity contribution is 5.83. The monoisotopic (exact) mass is 328 g/mol. The maximum absolute atomic E-state index is 13.5. The normalized spacial score (nSPS) is 17.7. The van der Waals surface area contributed by atoms with E-state index in [9.17, 15) is 9.18 Å². The first-order valence-corrected chi connectivity index (χ1v) is 8.02. The van der Waals surface area contributed by atoms with Gasteiger partial charge in [0.25, 0.3) is 0 Å². The van der Waals surface area contributed by atoms with Crippen molar-refractivity contribution in [1.82, 2.24) is 10.6 Å². The van der Waals surface area contributed by atoms with Gasteiger partial charge in [0.05, 0.1) is 19.2 Å². The summed E-state index contributed by atoms with van der Waals surface area (Å²) in [7, 11) is 1.53. The van der Waals surface area contributed by atoms with Crippen LogP contribution in [0.5, 0.6) is 5.75 Å². The van der Waals surface area contributed by atoms with Crippen LogP contribution in [0.2, 0.25) is 0 Å². The van der Waals surface area contributed by atoms with Gasteiger partial charge in [-0.2, -0.15) is 0 Å². The van der Waals surface area contributed by atoms with E-state index in [2.05, 4.69) is 22.8 Å². The van der Waals surface area contributed by atoms with Crippen molar-refractivity contribution in [2.45, 2.75) is 32.0 Å². The molecule has 2 atom stereocenters. The Morgan fingerprint density at radius 3 is 2.79 bits per heavy atom. The molecule has 126 valence electrons. The van der Waals surface area contributed by atoms with Crippen molar-refractivity contribution in [3.63, 3.8) is 0 Å². The fourth-order valence-electron chi connectivity index (χ4n) is 3.08. The van der Waals surface area contributed by atoms with Gasteiger partial charge in [-0.15, -0.1) is 0 Å². The summed E-state index contributed by atoms with van der Waals surface area (Å²) >= 11 is 0. The summed E-state index contributed by atoms with van der Waals surface area (Å²) in [6.45, 7) is 2.50. The first-order chi connectivity index (χ1) is 11.6. The zero-order chi connectivity index (χ0) is 17.1. The number of nitrogens with one attached hydrogen (secondary N) is 2. The molecule has 0 spiro atoms. The van der Waals surface area contributed by atoms with Gasteiger partial charge >= 0.3 is 0 Å². The van der Waals surface area contributed by atoms with Gasteiger partial charge in [-0.05, 0) is 42.7 Å². The summed E-state index contributed by atoms with van der Waals surface area (Å²) in [5.74, 6) is 0.117. The fraction of sp³-hybridized carbons (Fsp3) is 0.316. The molecule has 1 heterocycles. The van der Waals surface area contributed by atoms with Crippen molar-refractivity contribution in [3.05, 3.63) is 65.0 Å². The van der Waals surface area contributed by atoms with Crippen molar-refractivity contribution >= 4 is 5.91 Å². The number of rotatable bonds is 4. The second-order valence-electron chi connectivity index (χ2n) is 6.02. The van der Waals surface area contributed by atoms with Crippen molar-refractivity contribution in [2.24, 2.45) is 0 Å². The molecular formula is C19H21FN2O2. The van der Waals surface area contributed by atoms with Gasteiger partial charge in [0.2, 0.25) is 5.91 Å². The summed E-state index contributed by atoms with van der Waals surface area (Å²) in [4.78, 5) is 12.6. The topological polar surface area (TPSA) is 50.4 Å². The number of carbonyl (C=O) groups excluding carboxylic acids is 1. The first-order valence-electron chi connectivity index (χ1n) is 8.02. The van der Waals surface area contributed by atoms with Crippen LogP contribution in [0.4, 0.5) is 4.39 Å². The minimum atomic E-state index is -0.350. The number of fused-ring (bicyclic) bond motifs is 1. The Kier molecular flexibility index (Phi) is 4.81. The average Bonchev–Trinajstić information content (AvgIpc) is 2.61. The molecule has 2 aromatic rings. The Morgan fingerprint density at radius 1 is 1.29 bits per heavy atom. The summed E-state index contributed by atoms with van der Waals surface area (Å²) in [6.07, 6.45) is 0.648. The molecule has 5 heteroatoms. The van der Waals surface area contributed by atoms with Gasteiger partial charge in [-0.25, -0.2) is 4.39 Å².